The molecule has 0 N–H and O–H groups in total. The average molecular weight is 281 g/mol. The van der Waals surface area contributed by atoms with Crippen LogP contribution in [0.2, 0.25) is 0 Å². The van der Waals surface area contributed by atoms with Gasteiger partial charge in [0.15, 0.2) is 0 Å². The predicted octanol–water partition coefficient (Wildman–Crippen LogP) is 4.57. The highest BCUT2D eigenvalue weighted by molar-refractivity contribution is 5.29. The number of likely N-dealkylation sites (tertiary alicyclic amines) is 1. The number of hydrogen-bond donors (Lipinski definition) is 0. The van der Waals surface area contributed by atoms with Gasteiger partial charge >= 0.3 is 0 Å². The second-order valence-electron chi connectivity index (χ2n) is 6.05. The number of rotatable bonds is 4. The third-order valence-corrected chi connectivity index (χ3v) is 4.41. The molecule has 0 unspecified atom stereocenters. The van der Waals surface area contributed by atoms with E-state index in [-0.39, 0.29) is 17.3 Å². The van der Waals surface area contributed by atoms with Crippen LogP contribution in [0.25, 0.3) is 0 Å². The Morgan fingerprint density at radius 3 is 2.48 bits per heavy atom. The van der Waals surface area contributed by atoms with Crippen LogP contribution in [0.15, 0.2) is 67.3 Å². The third-order valence-electron chi connectivity index (χ3n) is 4.41. The molecule has 0 spiro atoms. The zero-order valence-electron chi connectivity index (χ0n) is 12.3. The second-order valence-corrected chi connectivity index (χ2v) is 6.05. The SMILES string of the molecule is C=C[C@]1(C)CN(Cc2ccccc2)[C@H]1c1ccc(F)cc1. The largest absolute Gasteiger partial charge is 0.290 e. The molecule has 0 aliphatic carbocycles. The van der Waals surface area contributed by atoms with Crippen LogP contribution < -0.4 is 0 Å². The van der Waals surface area contributed by atoms with E-state index in [0.717, 1.165) is 18.7 Å². The van der Waals surface area contributed by atoms with E-state index in [1.807, 2.05) is 24.3 Å². The Morgan fingerprint density at radius 1 is 1.19 bits per heavy atom. The number of halogens is 1. The first kappa shape index (κ1) is 14.0. The minimum Gasteiger partial charge on any atom is -0.290 e. The summed E-state index contributed by atoms with van der Waals surface area (Å²) < 4.78 is 13.2. The van der Waals surface area contributed by atoms with E-state index < -0.39 is 0 Å². The zero-order valence-corrected chi connectivity index (χ0v) is 12.3. The van der Waals surface area contributed by atoms with Gasteiger partial charge in [0.25, 0.3) is 0 Å². The molecule has 0 bridgehead atoms. The Labute approximate surface area is 125 Å². The van der Waals surface area contributed by atoms with Crippen molar-refractivity contribution in [2.45, 2.75) is 19.5 Å². The highest BCUT2D eigenvalue weighted by Crippen LogP contribution is 2.50. The molecular weight excluding hydrogens is 261 g/mol. The van der Waals surface area contributed by atoms with E-state index in [0.29, 0.717) is 0 Å². The predicted molar refractivity (Wildman–Crippen MR) is 84.3 cm³/mol. The molecule has 2 aromatic rings. The van der Waals surface area contributed by atoms with Crippen LogP contribution in [0, 0.1) is 11.2 Å². The van der Waals surface area contributed by atoms with Gasteiger partial charge in [-0.25, -0.2) is 4.39 Å². The summed E-state index contributed by atoms with van der Waals surface area (Å²) in [6.45, 7) is 8.09. The van der Waals surface area contributed by atoms with Crippen LogP contribution in [-0.2, 0) is 6.54 Å². The molecule has 1 aliphatic rings. The molecule has 1 fully saturated rings. The zero-order chi connectivity index (χ0) is 14.9. The Balaban J connectivity index is 1.85. The summed E-state index contributed by atoms with van der Waals surface area (Å²) >= 11 is 0. The molecule has 1 aliphatic heterocycles. The maximum atomic E-state index is 13.2. The molecule has 0 aromatic heterocycles. The van der Waals surface area contributed by atoms with Gasteiger partial charge in [-0.3, -0.25) is 4.90 Å². The molecule has 0 amide bonds. The van der Waals surface area contributed by atoms with Gasteiger partial charge in [0.05, 0.1) is 0 Å². The fourth-order valence-corrected chi connectivity index (χ4v) is 3.30. The third kappa shape index (κ3) is 2.64. The summed E-state index contributed by atoms with van der Waals surface area (Å²) in [5, 5.41) is 0. The highest BCUT2D eigenvalue weighted by Gasteiger charge is 2.47. The Bertz CT molecular complexity index is 620. The van der Waals surface area contributed by atoms with Crippen molar-refractivity contribution in [2.75, 3.05) is 6.54 Å². The monoisotopic (exact) mass is 281 g/mol. The van der Waals surface area contributed by atoms with E-state index in [4.69, 9.17) is 0 Å². The van der Waals surface area contributed by atoms with Gasteiger partial charge in [-0.2, -0.15) is 0 Å². The quantitative estimate of drug-likeness (QED) is 0.742. The van der Waals surface area contributed by atoms with E-state index in [1.165, 1.54) is 17.7 Å². The Morgan fingerprint density at radius 2 is 1.86 bits per heavy atom. The van der Waals surface area contributed by atoms with Crippen molar-refractivity contribution in [3.8, 4) is 0 Å². The van der Waals surface area contributed by atoms with E-state index in [9.17, 15) is 4.39 Å². The molecule has 2 heteroatoms. The molecule has 3 rings (SSSR count). The van der Waals surface area contributed by atoms with Gasteiger partial charge in [-0.1, -0.05) is 55.5 Å². The molecule has 2 aromatic carbocycles. The fraction of sp³-hybridized carbons (Fsp3) is 0.263. The fourth-order valence-electron chi connectivity index (χ4n) is 3.30. The van der Waals surface area contributed by atoms with Crippen LogP contribution >= 0.6 is 0 Å². The van der Waals surface area contributed by atoms with Crippen LogP contribution in [0.4, 0.5) is 4.39 Å². The average Bonchev–Trinajstić information content (AvgIpc) is 2.49. The van der Waals surface area contributed by atoms with Crippen LogP contribution in [0.5, 0.6) is 0 Å². The van der Waals surface area contributed by atoms with Crippen molar-refractivity contribution in [1.29, 1.82) is 0 Å². The summed E-state index contributed by atoms with van der Waals surface area (Å²) in [5.41, 5.74) is 2.50. The number of benzene rings is 2. The molecule has 1 saturated heterocycles. The van der Waals surface area contributed by atoms with Crippen LogP contribution in [-0.4, -0.2) is 11.4 Å². The number of nitrogens with zero attached hydrogens (tertiary/aromatic N) is 1. The summed E-state index contributed by atoms with van der Waals surface area (Å²) in [6.07, 6.45) is 2.03. The minimum atomic E-state index is -0.187. The first-order valence-electron chi connectivity index (χ1n) is 7.29. The van der Waals surface area contributed by atoms with E-state index in [2.05, 4.69) is 42.7 Å². The lowest BCUT2D eigenvalue weighted by Crippen LogP contribution is -2.55. The normalized spacial score (nSPS) is 25.3. The first-order valence-corrected chi connectivity index (χ1v) is 7.29. The lowest BCUT2D eigenvalue weighted by molar-refractivity contribution is -0.0378. The molecule has 2 atom stereocenters. The second kappa shape index (κ2) is 5.45. The van der Waals surface area contributed by atoms with Crippen molar-refractivity contribution in [3.05, 3.63) is 84.2 Å². The maximum Gasteiger partial charge on any atom is 0.123 e. The van der Waals surface area contributed by atoms with Gasteiger partial charge in [0.2, 0.25) is 0 Å². The van der Waals surface area contributed by atoms with Crippen molar-refractivity contribution in [1.82, 2.24) is 4.90 Å². The molecular formula is C19H20FN. The van der Waals surface area contributed by atoms with E-state index in [1.54, 1.807) is 0 Å². The molecule has 21 heavy (non-hydrogen) atoms. The highest BCUT2D eigenvalue weighted by atomic mass is 19.1. The smallest absolute Gasteiger partial charge is 0.123 e. The Kier molecular flexibility index (Phi) is 3.64. The van der Waals surface area contributed by atoms with Gasteiger partial charge in [0.1, 0.15) is 5.82 Å². The van der Waals surface area contributed by atoms with Gasteiger partial charge in [-0.05, 0) is 23.3 Å². The number of hydrogen-bond acceptors (Lipinski definition) is 1. The van der Waals surface area contributed by atoms with Gasteiger partial charge < -0.3 is 0 Å². The van der Waals surface area contributed by atoms with E-state index >= 15 is 0 Å². The van der Waals surface area contributed by atoms with Crippen molar-refractivity contribution >= 4 is 0 Å². The topological polar surface area (TPSA) is 3.24 Å². The standard InChI is InChI=1S/C19H20FN/c1-3-19(2)14-21(13-15-7-5-4-6-8-15)18(19)16-9-11-17(20)12-10-16/h3-12,18H,1,13-14H2,2H3/t18-,19+/m0/s1. The lowest BCUT2D eigenvalue weighted by atomic mass is 9.70. The minimum absolute atomic E-state index is 0.0482. The molecule has 108 valence electrons. The summed E-state index contributed by atoms with van der Waals surface area (Å²) in [6, 6.07) is 17.6. The summed E-state index contributed by atoms with van der Waals surface area (Å²) in [4.78, 5) is 2.42. The van der Waals surface area contributed by atoms with Gasteiger partial charge in [0, 0.05) is 24.5 Å². The molecule has 1 heterocycles. The molecule has 0 radical (unpaired) electrons. The van der Waals surface area contributed by atoms with Crippen molar-refractivity contribution in [3.63, 3.8) is 0 Å². The molecule has 0 saturated carbocycles. The maximum absolute atomic E-state index is 13.2. The summed E-state index contributed by atoms with van der Waals surface area (Å²) in [5.74, 6) is -0.187. The van der Waals surface area contributed by atoms with Gasteiger partial charge in [-0.15, -0.1) is 6.58 Å². The van der Waals surface area contributed by atoms with Crippen LogP contribution in [0.3, 0.4) is 0 Å². The first-order chi connectivity index (χ1) is 10.1. The lowest BCUT2D eigenvalue weighted by Gasteiger charge is -2.55. The Hall–Kier alpha value is -1.93. The van der Waals surface area contributed by atoms with Crippen molar-refractivity contribution < 1.29 is 4.39 Å². The van der Waals surface area contributed by atoms with Crippen molar-refractivity contribution in [2.24, 2.45) is 5.41 Å². The summed E-state index contributed by atoms with van der Waals surface area (Å²) in [7, 11) is 0. The molecule has 1 nitrogen and oxygen atoms in total. The van der Waals surface area contributed by atoms with Crippen LogP contribution in [0.1, 0.15) is 24.1 Å².